The molecular weight excluding hydrogens is 388 g/mol. The highest BCUT2D eigenvalue weighted by atomic mass is 19.3. The molecule has 0 unspecified atom stereocenters. The van der Waals surface area contributed by atoms with Gasteiger partial charge in [0.05, 0.1) is 5.69 Å². The largest absolute Gasteiger partial charge is 0.447 e. The summed E-state index contributed by atoms with van der Waals surface area (Å²) in [5, 5.41) is 6.41. The zero-order valence-corrected chi connectivity index (χ0v) is 15.7. The highest BCUT2D eigenvalue weighted by Crippen LogP contribution is 2.25. The van der Waals surface area contributed by atoms with Crippen molar-refractivity contribution in [2.45, 2.75) is 33.5 Å². The van der Waals surface area contributed by atoms with Crippen molar-refractivity contribution in [3.63, 3.8) is 0 Å². The van der Waals surface area contributed by atoms with E-state index < -0.39 is 24.6 Å². The molecular formula is C18H17F2N5O4. The number of nitrogens with zero attached hydrogens (tertiary/aromatic N) is 4. The van der Waals surface area contributed by atoms with Gasteiger partial charge in [0.15, 0.2) is 6.10 Å². The van der Waals surface area contributed by atoms with Crippen LogP contribution in [0.5, 0.6) is 5.75 Å². The van der Waals surface area contributed by atoms with E-state index in [4.69, 9.17) is 4.74 Å². The first-order valence-corrected chi connectivity index (χ1v) is 8.51. The van der Waals surface area contributed by atoms with Crippen molar-refractivity contribution in [2.75, 3.05) is 5.32 Å². The van der Waals surface area contributed by atoms with Crippen LogP contribution in [0.1, 0.15) is 28.9 Å². The molecule has 3 aromatic rings. The van der Waals surface area contributed by atoms with Crippen LogP contribution in [0.25, 0.3) is 5.78 Å². The molecule has 2 aromatic heterocycles. The lowest BCUT2D eigenvalue weighted by Crippen LogP contribution is -2.30. The molecule has 0 radical (unpaired) electrons. The molecule has 0 fully saturated rings. The van der Waals surface area contributed by atoms with Gasteiger partial charge < -0.3 is 14.8 Å². The summed E-state index contributed by atoms with van der Waals surface area (Å²) in [5.41, 5.74) is 1.45. The maximum atomic E-state index is 12.5. The number of aromatic nitrogens is 4. The number of amides is 1. The number of esters is 1. The highest BCUT2D eigenvalue weighted by molar-refractivity contribution is 5.97. The number of alkyl halides is 2. The van der Waals surface area contributed by atoms with Crippen LogP contribution in [0.3, 0.4) is 0 Å². The molecule has 3 rings (SSSR count). The van der Waals surface area contributed by atoms with Gasteiger partial charge in [0.1, 0.15) is 5.75 Å². The molecule has 152 valence electrons. The number of fused-ring (bicyclic) bond motifs is 1. The minimum atomic E-state index is -3.05. The summed E-state index contributed by atoms with van der Waals surface area (Å²) >= 11 is 0. The van der Waals surface area contributed by atoms with Crippen LogP contribution in [0.15, 0.2) is 30.3 Å². The van der Waals surface area contributed by atoms with Crippen molar-refractivity contribution in [3.05, 3.63) is 47.5 Å². The van der Waals surface area contributed by atoms with Crippen molar-refractivity contribution in [2.24, 2.45) is 0 Å². The van der Waals surface area contributed by atoms with E-state index in [9.17, 15) is 18.4 Å². The van der Waals surface area contributed by atoms with E-state index in [1.54, 1.807) is 19.9 Å². The summed E-state index contributed by atoms with van der Waals surface area (Å²) in [6.07, 6.45) is -1.25. The number of aryl methyl sites for hydroxylation is 2. The number of hydrogen-bond donors (Lipinski definition) is 1. The normalized spacial score (nSPS) is 12.1. The number of carbonyl (C=O) groups excluding carboxylic acids is 2. The van der Waals surface area contributed by atoms with Gasteiger partial charge in [0.2, 0.25) is 0 Å². The Labute approximate surface area is 163 Å². The van der Waals surface area contributed by atoms with Crippen molar-refractivity contribution in [3.8, 4) is 5.75 Å². The minimum Gasteiger partial charge on any atom is -0.447 e. The van der Waals surface area contributed by atoms with Crippen LogP contribution in [0.4, 0.5) is 14.5 Å². The lowest BCUT2D eigenvalue weighted by atomic mass is 10.2. The number of halogens is 2. The molecule has 2 heterocycles. The summed E-state index contributed by atoms with van der Waals surface area (Å²) in [4.78, 5) is 32.8. The molecule has 1 amide bonds. The third kappa shape index (κ3) is 4.62. The molecule has 9 nitrogen and oxygen atoms in total. The lowest BCUT2D eigenvalue weighted by molar-refractivity contribution is -0.123. The van der Waals surface area contributed by atoms with Gasteiger partial charge in [-0.2, -0.15) is 13.8 Å². The minimum absolute atomic E-state index is 0.0156. The number of para-hydroxylation sites is 2. The third-order valence-electron chi connectivity index (χ3n) is 3.81. The second kappa shape index (κ2) is 8.17. The van der Waals surface area contributed by atoms with E-state index >= 15 is 0 Å². The Balaban J connectivity index is 1.70. The van der Waals surface area contributed by atoms with Gasteiger partial charge in [-0.1, -0.05) is 12.1 Å². The predicted octanol–water partition coefficient (Wildman–Crippen LogP) is 2.53. The highest BCUT2D eigenvalue weighted by Gasteiger charge is 2.24. The first kappa shape index (κ1) is 20.1. The Morgan fingerprint density at radius 2 is 1.90 bits per heavy atom. The number of ether oxygens (including phenoxy) is 2. The van der Waals surface area contributed by atoms with Gasteiger partial charge in [0.25, 0.3) is 17.5 Å². The summed E-state index contributed by atoms with van der Waals surface area (Å²) in [6.45, 7) is 1.83. The molecule has 1 N–H and O–H groups in total. The second-order valence-corrected chi connectivity index (χ2v) is 6.10. The lowest BCUT2D eigenvalue weighted by Gasteiger charge is -2.15. The molecule has 0 aliphatic heterocycles. The molecule has 1 atom stereocenters. The van der Waals surface area contributed by atoms with E-state index in [1.807, 2.05) is 0 Å². The Bertz CT molecular complexity index is 1070. The van der Waals surface area contributed by atoms with Crippen LogP contribution in [0, 0.1) is 13.8 Å². The fourth-order valence-corrected chi connectivity index (χ4v) is 2.52. The second-order valence-electron chi connectivity index (χ2n) is 6.10. The monoisotopic (exact) mass is 405 g/mol. The Hall–Kier alpha value is -3.63. The zero-order chi connectivity index (χ0) is 21.1. The number of benzene rings is 1. The van der Waals surface area contributed by atoms with Crippen molar-refractivity contribution in [1.82, 2.24) is 19.6 Å². The van der Waals surface area contributed by atoms with Crippen molar-refractivity contribution >= 4 is 23.3 Å². The zero-order valence-electron chi connectivity index (χ0n) is 15.7. The van der Waals surface area contributed by atoms with Gasteiger partial charge >= 0.3 is 12.6 Å². The first-order valence-electron chi connectivity index (χ1n) is 8.51. The number of rotatable bonds is 6. The Morgan fingerprint density at radius 1 is 1.17 bits per heavy atom. The molecule has 0 saturated carbocycles. The van der Waals surface area contributed by atoms with Crippen molar-refractivity contribution < 1.29 is 27.8 Å². The van der Waals surface area contributed by atoms with Gasteiger partial charge in [-0.3, -0.25) is 4.79 Å². The predicted molar refractivity (Wildman–Crippen MR) is 96.8 cm³/mol. The van der Waals surface area contributed by atoms with Crippen LogP contribution >= 0.6 is 0 Å². The van der Waals surface area contributed by atoms with E-state index in [-0.39, 0.29) is 23.0 Å². The average molecular weight is 405 g/mol. The fraction of sp³-hybridized carbons (Fsp3) is 0.278. The summed E-state index contributed by atoms with van der Waals surface area (Å²) in [6, 6.07) is 7.43. The molecule has 0 spiro atoms. The summed E-state index contributed by atoms with van der Waals surface area (Å²) in [7, 11) is 0. The van der Waals surface area contributed by atoms with E-state index in [0.29, 0.717) is 5.69 Å². The van der Waals surface area contributed by atoms with Gasteiger partial charge in [-0.15, -0.1) is 5.10 Å². The first-order chi connectivity index (χ1) is 13.7. The van der Waals surface area contributed by atoms with E-state index in [2.05, 4.69) is 25.1 Å². The molecule has 0 saturated heterocycles. The number of nitrogens with one attached hydrogen (secondary N) is 1. The smallest absolute Gasteiger partial charge is 0.387 e. The van der Waals surface area contributed by atoms with Crippen molar-refractivity contribution in [1.29, 1.82) is 0 Å². The van der Waals surface area contributed by atoms with Gasteiger partial charge in [-0.05, 0) is 39.0 Å². The van der Waals surface area contributed by atoms with Gasteiger partial charge in [0, 0.05) is 11.4 Å². The number of carbonyl (C=O) groups is 2. The fourth-order valence-electron chi connectivity index (χ4n) is 2.52. The van der Waals surface area contributed by atoms with Gasteiger partial charge in [-0.25, -0.2) is 14.3 Å². The van der Waals surface area contributed by atoms with E-state index in [0.717, 1.165) is 5.69 Å². The average Bonchev–Trinajstić information content (AvgIpc) is 3.07. The Morgan fingerprint density at radius 3 is 2.62 bits per heavy atom. The van der Waals surface area contributed by atoms with Crippen LogP contribution in [-0.2, 0) is 9.53 Å². The number of anilines is 1. The molecule has 0 aliphatic rings. The summed E-state index contributed by atoms with van der Waals surface area (Å²) in [5.74, 6) is -1.91. The molecule has 11 heteroatoms. The summed E-state index contributed by atoms with van der Waals surface area (Å²) < 4.78 is 35.8. The maximum Gasteiger partial charge on any atom is 0.387 e. The molecule has 0 bridgehead atoms. The van der Waals surface area contributed by atoms with E-state index in [1.165, 1.54) is 35.7 Å². The van der Waals surface area contributed by atoms with Crippen LogP contribution < -0.4 is 10.1 Å². The molecule has 29 heavy (non-hydrogen) atoms. The topological polar surface area (TPSA) is 108 Å². The number of hydrogen-bond acceptors (Lipinski definition) is 7. The third-order valence-corrected chi connectivity index (χ3v) is 3.81. The quantitative estimate of drug-likeness (QED) is 0.628. The molecule has 1 aromatic carbocycles. The SMILES string of the molecule is Cc1cc(C)n2nc(C(=O)O[C@@H](C)C(=O)Nc3ccccc3OC(F)F)nc2n1. The standard InChI is InChI=1S/C18H17F2N5O4/c1-9-8-10(2)25-18(21-9)23-14(24-25)16(27)28-11(3)15(26)22-12-6-4-5-7-13(12)29-17(19)20/h4-8,11,17H,1-3H3,(H,22,26)/t11-/m0/s1. The van der Waals surface area contributed by atoms with Crippen LogP contribution in [0.2, 0.25) is 0 Å². The molecule has 0 aliphatic carbocycles. The van der Waals surface area contributed by atoms with Crippen LogP contribution in [-0.4, -0.2) is 44.2 Å². The Kier molecular flexibility index (Phi) is 5.66. The maximum absolute atomic E-state index is 12.5.